The van der Waals surface area contributed by atoms with Gasteiger partial charge in [0.2, 0.25) is 5.95 Å². The lowest BCUT2D eigenvalue weighted by Crippen LogP contribution is -2.10. The molecule has 0 amide bonds. The standard InChI is InChI=1S/C19H28N4O2/c1-14(2)7-10-21-19-22-12-9-18(23-19)20-11-8-15-5-6-16(24-3)17(13-15)25-4/h5-6,9,12-14H,7-8,10-11H2,1-4H3,(H2,20,21,22,23). The van der Waals surface area contributed by atoms with E-state index in [2.05, 4.69) is 34.4 Å². The monoisotopic (exact) mass is 344 g/mol. The van der Waals surface area contributed by atoms with Gasteiger partial charge in [0.05, 0.1) is 14.2 Å². The minimum Gasteiger partial charge on any atom is -0.493 e. The molecule has 0 atom stereocenters. The maximum atomic E-state index is 5.34. The zero-order valence-electron chi connectivity index (χ0n) is 15.5. The van der Waals surface area contributed by atoms with Crippen LogP contribution in [0.5, 0.6) is 11.5 Å². The van der Waals surface area contributed by atoms with Crippen LogP contribution in [0.3, 0.4) is 0 Å². The minimum absolute atomic E-state index is 0.662. The minimum atomic E-state index is 0.662. The highest BCUT2D eigenvalue weighted by Crippen LogP contribution is 2.27. The number of ether oxygens (including phenoxy) is 2. The first kappa shape index (κ1) is 18.8. The summed E-state index contributed by atoms with van der Waals surface area (Å²) in [5.41, 5.74) is 1.18. The van der Waals surface area contributed by atoms with Crippen molar-refractivity contribution in [3.63, 3.8) is 0 Å². The van der Waals surface area contributed by atoms with Gasteiger partial charge in [-0.3, -0.25) is 0 Å². The molecule has 1 aromatic heterocycles. The molecule has 6 heteroatoms. The summed E-state index contributed by atoms with van der Waals surface area (Å²) in [5, 5.41) is 6.60. The van der Waals surface area contributed by atoms with E-state index in [-0.39, 0.29) is 0 Å². The van der Waals surface area contributed by atoms with Crippen LogP contribution in [0.15, 0.2) is 30.5 Å². The van der Waals surface area contributed by atoms with Crippen LogP contribution in [-0.2, 0) is 6.42 Å². The van der Waals surface area contributed by atoms with E-state index in [1.54, 1.807) is 20.4 Å². The Labute approximate surface area is 150 Å². The normalized spacial score (nSPS) is 10.6. The van der Waals surface area contributed by atoms with Crippen molar-refractivity contribution in [2.75, 3.05) is 37.9 Å². The molecule has 0 fully saturated rings. The largest absolute Gasteiger partial charge is 0.493 e. The molecular formula is C19H28N4O2. The Balaban J connectivity index is 1.85. The van der Waals surface area contributed by atoms with E-state index in [0.29, 0.717) is 11.9 Å². The van der Waals surface area contributed by atoms with E-state index in [0.717, 1.165) is 43.2 Å². The third-order valence-corrected chi connectivity index (χ3v) is 3.83. The van der Waals surface area contributed by atoms with Gasteiger partial charge in [-0.1, -0.05) is 19.9 Å². The number of hydrogen-bond acceptors (Lipinski definition) is 6. The van der Waals surface area contributed by atoms with E-state index in [9.17, 15) is 0 Å². The molecule has 0 aliphatic rings. The van der Waals surface area contributed by atoms with E-state index in [1.165, 1.54) is 5.56 Å². The van der Waals surface area contributed by atoms with Crippen LogP contribution in [0.4, 0.5) is 11.8 Å². The zero-order chi connectivity index (χ0) is 18.1. The Morgan fingerprint density at radius 1 is 1.00 bits per heavy atom. The Morgan fingerprint density at radius 3 is 2.52 bits per heavy atom. The molecule has 2 aromatic rings. The molecule has 2 rings (SSSR count). The first-order valence-electron chi connectivity index (χ1n) is 8.64. The molecule has 136 valence electrons. The summed E-state index contributed by atoms with van der Waals surface area (Å²) in [6.07, 6.45) is 3.73. The van der Waals surface area contributed by atoms with Crippen LogP contribution in [-0.4, -0.2) is 37.3 Å². The summed E-state index contributed by atoms with van der Waals surface area (Å²) in [7, 11) is 3.29. The predicted molar refractivity (Wildman–Crippen MR) is 102 cm³/mol. The van der Waals surface area contributed by atoms with Crippen LogP contribution >= 0.6 is 0 Å². The molecule has 0 aliphatic carbocycles. The van der Waals surface area contributed by atoms with Gasteiger partial charge in [0.25, 0.3) is 0 Å². The van der Waals surface area contributed by atoms with Crippen LogP contribution in [0.2, 0.25) is 0 Å². The van der Waals surface area contributed by atoms with Crippen molar-refractivity contribution in [3.8, 4) is 11.5 Å². The molecular weight excluding hydrogens is 316 g/mol. The number of rotatable bonds is 10. The van der Waals surface area contributed by atoms with E-state index >= 15 is 0 Å². The number of nitrogens with one attached hydrogen (secondary N) is 2. The number of benzene rings is 1. The van der Waals surface area contributed by atoms with Crippen LogP contribution in [0.25, 0.3) is 0 Å². The first-order valence-corrected chi connectivity index (χ1v) is 8.64. The van der Waals surface area contributed by atoms with Gasteiger partial charge >= 0.3 is 0 Å². The molecule has 0 bridgehead atoms. The SMILES string of the molecule is COc1ccc(CCNc2ccnc(NCCC(C)C)n2)cc1OC. The van der Waals surface area contributed by atoms with E-state index in [4.69, 9.17) is 9.47 Å². The molecule has 2 N–H and O–H groups in total. The molecule has 0 aliphatic heterocycles. The smallest absolute Gasteiger partial charge is 0.224 e. The van der Waals surface area contributed by atoms with Gasteiger partial charge in [0, 0.05) is 19.3 Å². The molecule has 0 saturated heterocycles. The summed E-state index contributed by atoms with van der Waals surface area (Å²) >= 11 is 0. The lowest BCUT2D eigenvalue weighted by Gasteiger charge is -2.11. The maximum absolute atomic E-state index is 5.34. The van der Waals surface area contributed by atoms with E-state index in [1.807, 2.05) is 24.3 Å². The molecule has 1 aromatic carbocycles. The van der Waals surface area contributed by atoms with Crippen molar-refractivity contribution >= 4 is 11.8 Å². The Hall–Kier alpha value is -2.50. The van der Waals surface area contributed by atoms with Gasteiger partial charge in [-0.15, -0.1) is 0 Å². The molecule has 6 nitrogen and oxygen atoms in total. The number of aromatic nitrogens is 2. The quantitative estimate of drug-likeness (QED) is 0.686. The number of methoxy groups -OCH3 is 2. The number of nitrogens with zero attached hydrogens (tertiary/aromatic N) is 2. The predicted octanol–water partition coefficient (Wildman–Crippen LogP) is 3.61. The molecule has 25 heavy (non-hydrogen) atoms. The summed E-state index contributed by atoms with van der Waals surface area (Å²) in [6, 6.07) is 7.85. The fraction of sp³-hybridized carbons (Fsp3) is 0.474. The first-order chi connectivity index (χ1) is 12.1. The summed E-state index contributed by atoms with van der Waals surface area (Å²) in [5.74, 6) is 3.64. The molecule has 0 unspecified atom stereocenters. The second-order valence-electron chi connectivity index (χ2n) is 6.24. The van der Waals surface area contributed by atoms with Gasteiger partial charge in [0.15, 0.2) is 11.5 Å². The summed E-state index contributed by atoms with van der Waals surface area (Å²) in [4.78, 5) is 8.74. The number of anilines is 2. The molecule has 1 heterocycles. The van der Waals surface area contributed by atoms with Gasteiger partial charge in [-0.2, -0.15) is 4.98 Å². The molecule has 0 spiro atoms. The average molecular weight is 344 g/mol. The number of hydrogen-bond donors (Lipinski definition) is 2. The Morgan fingerprint density at radius 2 is 1.80 bits per heavy atom. The molecule has 0 radical (unpaired) electrons. The highest BCUT2D eigenvalue weighted by molar-refractivity contribution is 5.44. The van der Waals surface area contributed by atoms with Gasteiger partial charge < -0.3 is 20.1 Å². The van der Waals surface area contributed by atoms with Gasteiger partial charge in [0.1, 0.15) is 5.82 Å². The lowest BCUT2D eigenvalue weighted by atomic mass is 10.1. The van der Waals surface area contributed by atoms with Crippen molar-refractivity contribution in [3.05, 3.63) is 36.0 Å². The average Bonchev–Trinajstić information content (AvgIpc) is 2.61. The van der Waals surface area contributed by atoms with Gasteiger partial charge in [-0.05, 0) is 42.5 Å². The van der Waals surface area contributed by atoms with Crippen molar-refractivity contribution in [1.29, 1.82) is 0 Å². The van der Waals surface area contributed by atoms with E-state index < -0.39 is 0 Å². The third kappa shape index (κ3) is 6.14. The Kier molecular flexibility index (Phi) is 7.32. The summed E-state index contributed by atoms with van der Waals surface area (Å²) < 4.78 is 10.6. The summed E-state index contributed by atoms with van der Waals surface area (Å²) in [6.45, 7) is 6.06. The third-order valence-electron chi connectivity index (χ3n) is 3.83. The second kappa shape index (κ2) is 9.71. The highest BCUT2D eigenvalue weighted by Gasteiger charge is 2.05. The van der Waals surface area contributed by atoms with Crippen molar-refractivity contribution in [1.82, 2.24) is 9.97 Å². The second-order valence-corrected chi connectivity index (χ2v) is 6.24. The topological polar surface area (TPSA) is 68.3 Å². The van der Waals surface area contributed by atoms with Crippen LogP contribution < -0.4 is 20.1 Å². The molecule has 0 saturated carbocycles. The lowest BCUT2D eigenvalue weighted by molar-refractivity contribution is 0.354. The maximum Gasteiger partial charge on any atom is 0.224 e. The zero-order valence-corrected chi connectivity index (χ0v) is 15.5. The van der Waals surface area contributed by atoms with Crippen molar-refractivity contribution in [2.45, 2.75) is 26.7 Å². The van der Waals surface area contributed by atoms with Crippen LogP contribution in [0.1, 0.15) is 25.8 Å². The fourth-order valence-corrected chi connectivity index (χ4v) is 2.39. The highest BCUT2D eigenvalue weighted by atomic mass is 16.5. The van der Waals surface area contributed by atoms with Gasteiger partial charge in [-0.25, -0.2) is 4.98 Å². The van der Waals surface area contributed by atoms with Crippen molar-refractivity contribution in [2.24, 2.45) is 5.92 Å². The van der Waals surface area contributed by atoms with Crippen LogP contribution in [0, 0.1) is 5.92 Å². The Bertz CT molecular complexity index is 662. The van der Waals surface area contributed by atoms with Crippen molar-refractivity contribution < 1.29 is 9.47 Å². The fourth-order valence-electron chi connectivity index (χ4n) is 2.39.